The van der Waals surface area contributed by atoms with Crippen LogP contribution in [-0.2, 0) is 11.2 Å². The Hall–Kier alpha value is -2.29. The highest BCUT2D eigenvalue weighted by atomic mass is 16.5. The van der Waals surface area contributed by atoms with Crippen LogP contribution in [0.4, 0.5) is 0 Å². The van der Waals surface area contributed by atoms with Gasteiger partial charge in [-0.2, -0.15) is 0 Å². The van der Waals surface area contributed by atoms with E-state index in [1.807, 2.05) is 43.3 Å². The maximum absolute atomic E-state index is 12.1. The molecule has 0 aliphatic rings. The fourth-order valence-electron chi connectivity index (χ4n) is 2.46. The standard InChI is InChI=1S/C19H23NO2/c1-14-11-16(9-10-18(14)22-3)12-19(21)20-13-15(2)17-7-5-4-6-8-17/h4-11,15H,12-13H2,1-3H3,(H,20,21)/t15-/m1/s1. The van der Waals surface area contributed by atoms with E-state index in [0.29, 0.717) is 18.9 Å². The number of aryl methyl sites for hydroxylation is 1. The van der Waals surface area contributed by atoms with E-state index in [-0.39, 0.29) is 5.91 Å². The molecule has 0 radical (unpaired) electrons. The Bertz CT molecular complexity index is 623. The first-order valence-corrected chi connectivity index (χ1v) is 7.55. The first-order valence-electron chi connectivity index (χ1n) is 7.55. The lowest BCUT2D eigenvalue weighted by molar-refractivity contribution is -0.120. The summed E-state index contributed by atoms with van der Waals surface area (Å²) in [6.45, 7) is 4.75. The normalized spacial score (nSPS) is 11.8. The van der Waals surface area contributed by atoms with E-state index in [9.17, 15) is 4.79 Å². The lowest BCUT2D eigenvalue weighted by Crippen LogP contribution is -2.28. The monoisotopic (exact) mass is 297 g/mol. The maximum Gasteiger partial charge on any atom is 0.224 e. The van der Waals surface area contributed by atoms with Crippen LogP contribution < -0.4 is 10.1 Å². The molecular weight excluding hydrogens is 274 g/mol. The lowest BCUT2D eigenvalue weighted by Gasteiger charge is -2.13. The van der Waals surface area contributed by atoms with Crippen LogP contribution >= 0.6 is 0 Å². The molecule has 2 aromatic carbocycles. The third kappa shape index (κ3) is 4.35. The van der Waals surface area contributed by atoms with Crippen LogP contribution in [0.1, 0.15) is 29.5 Å². The fourth-order valence-corrected chi connectivity index (χ4v) is 2.46. The van der Waals surface area contributed by atoms with E-state index >= 15 is 0 Å². The molecular formula is C19H23NO2. The number of rotatable bonds is 6. The molecule has 0 aromatic heterocycles. The van der Waals surface area contributed by atoms with Gasteiger partial charge in [0, 0.05) is 6.54 Å². The topological polar surface area (TPSA) is 38.3 Å². The number of benzene rings is 2. The van der Waals surface area contributed by atoms with Gasteiger partial charge in [0.25, 0.3) is 0 Å². The van der Waals surface area contributed by atoms with Gasteiger partial charge in [0.15, 0.2) is 0 Å². The zero-order valence-electron chi connectivity index (χ0n) is 13.4. The Morgan fingerprint density at radius 2 is 1.91 bits per heavy atom. The smallest absolute Gasteiger partial charge is 0.224 e. The van der Waals surface area contributed by atoms with Crippen LogP contribution in [0.2, 0.25) is 0 Å². The highest BCUT2D eigenvalue weighted by Gasteiger charge is 2.09. The average molecular weight is 297 g/mol. The Kier molecular flexibility index (Phi) is 5.59. The van der Waals surface area contributed by atoms with Gasteiger partial charge < -0.3 is 10.1 Å². The summed E-state index contributed by atoms with van der Waals surface area (Å²) in [5, 5.41) is 3.01. The van der Waals surface area contributed by atoms with Gasteiger partial charge in [0.05, 0.1) is 13.5 Å². The van der Waals surface area contributed by atoms with Crippen molar-refractivity contribution >= 4 is 5.91 Å². The molecule has 0 bridgehead atoms. The molecule has 2 rings (SSSR count). The minimum Gasteiger partial charge on any atom is -0.496 e. The molecule has 1 atom stereocenters. The molecule has 0 aliphatic carbocycles. The van der Waals surface area contributed by atoms with Crippen LogP contribution in [0.15, 0.2) is 48.5 Å². The van der Waals surface area contributed by atoms with Crippen LogP contribution in [0, 0.1) is 6.92 Å². The second kappa shape index (κ2) is 7.64. The van der Waals surface area contributed by atoms with Crippen LogP contribution in [0.5, 0.6) is 5.75 Å². The number of hydrogen-bond acceptors (Lipinski definition) is 2. The molecule has 0 heterocycles. The van der Waals surface area contributed by atoms with Gasteiger partial charge in [-0.1, -0.05) is 49.4 Å². The first kappa shape index (κ1) is 16.1. The summed E-state index contributed by atoms with van der Waals surface area (Å²) < 4.78 is 5.23. The Morgan fingerprint density at radius 1 is 1.18 bits per heavy atom. The number of amides is 1. The van der Waals surface area contributed by atoms with Crippen LogP contribution in [-0.4, -0.2) is 19.6 Å². The van der Waals surface area contributed by atoms with Crippen molar-refractivity contribution in [3.63, 3.8) is 0 Å². The fraction of sp³-hybridized carbons (Fsp3) is 0.316. The summed E-state index contributed by atoms with van der Waals surface area (Å²) in [7, 11) is 1.65. The van der Waals surface area contributed by atoms with Crippen molar-refractivity contribution < 1.29 is 9.53 Å². The van der Waals surface area contributed by atoms with Crippen molar-refractivity contribution in [3.8, 4) is 5.75 Å². The van der Waals surface area contributed by atoms with Crippen LogP contribution in [0.3, 0.4) is 0 Å². The van der Waals surface area contributed by atoms with E-state index in [4.69, 9.17) is 4.74 Å². The molecule has 3 heteroatoms. The molecule has 2 aromatic rings. The third-order valence-corrected chi connectivity index (χ3v) is 3.80. The van der Waals surface area contributed by atoms with Crippen molar-refractivity contribution in [2.24, 2.45) is 0 Å². The predicted molar refractivity (Wildman–Crippen MR) is 89.3 cm³/mol. The summed E-state index contributed by atoms with van der Waals surface area (Å²) in [4.78, 5) is 12.1. The third-order valence-electron chi connectivity index (χ3n) is 3.80. The highest BCUT2D eigenvalue weighted by Crippen LogP contribution is 2.19. The van der Waals surface area contributed by atoms with Gasteiger partial charge in [-0.25, -0.2) is 0 Å². The largest absolute Gasteiger partial charge is 0.496 e. The molecule has 0 aliphatic heterocycles. The Balaban J connectivity index is 1.87. The van der Waals surface area contributed by atoms with Crippen LogP contribution in [0.25, 0.3) is 0 Å². The first-order chi connectivity index (χ1) is 10.6. The summed E-state index contributed by atoms with van der Waals surface area (Å²) in [5.74, 6) is 1.21. The molecule has 3 nitrogen and oxygen atoms in total. The second-order valence-electron chi connectivity index (χ2n) is 5.60. The van der Waals surface area contributed by atoms with Gasteiger partial charge in [0.2, 0.25) is 5.91 Å². The molecule has 0 saturated heterocycles. The number of methoxy groups -OCH3 is 1. The number of ether oxygens (including phenoxy) is 1. The molecule has 116 valence electrons. The van der Waals surface area contributed by atoms with Crippen molar-refractivity contribution in [2.45, 2.75) is 26.2 Å². The van der Waals surface area contributed by atoms with Crippen molar-refractivity contribution in [2.75, 3.05) is 13.7 Å². The number of nitrogens with one attached hydrogen (secondary N) is 1. The van der Waals surface area contributed by atoms with Crippen molar-refractivity contribution in [1.29, 1.82) is 0 Å². The molecule has 0 unspecified atom stereocenters. The van der Waals surface area contributed by atoms with Gasteiger partial charge >= 0.3 is 0 Å². The molecule has 1 amide bonds. The van der Waals surface area contributed by atoms with E-state index in [1.54, 1.807) is 7.11 Å². The minimum atomic E-state index is 0.0485. The van der Waals surface area contributed by atoms with Gasteiger partial charge in [-0.15, -0.1) is 0 Å². The van der Waals surface area contributed by atoms with Gasteiger partial charge in [-0.05, 0) is 35.6 Å². The molecule has 22 heavy (non-hydrogen) atoms. The lowest BCUT2D eigenvalue weighted by atomic mass is 10.0. The Labute approximate surface area is 132 Å². The molecule has 0 fully saturated rings. The minimum absolute atomic E-state index is 0.0485. The van der Waals surface area contributed by atoms with E-state index in [2.05, 4.69) is 24.4 Å². The number of hydrogen-bond donors (Lipinski definition) is 1. The predicted octanol–water partition coefficient (Wildman–Crippen LogP) is 3.47. The van der Waals surface area contributed by atoms with Gasteiger partial charge in [0.1, 0.15) is 5.75 Å². The van der Waals surface area contributed by atoms with Crippen molar-refractivity contribution in [1.82, 2.24) is 5.32 Å². The van der Waals surface area contributed by atoms with Crippen molar-refractivity contribution in [3.05, 3.63) is 65.2 Å². The summed E-state index contributed by atoms with van der Waals surface area (Å²) in [6.07, 6.45) is 0.395. The SMILES string of the molecule is COc1ccc(CC(=O)NC[C@@H](C)c2ccccc2)cc1C. The number of carbonyl (C=O) groups excluding carboxylic acids is 1. The maximum atomic E-state index is 12.1. The average Bonchev–Trinajstić information content (AvgIpc) is 2.53. The number of carbonyl (C=O) groups is 1. The molecule has 1 N–H and O–H groups in total. The van der Waals surface area contributed by atoms with E-state index < -0.39 is 0 Å². The second-order valence-corrected chi connectivity index (χ2v) is 5.60. The Morgan fingerprint density at radius 3 is 2.55 bits per heavy atom. The molecule has 0 spiro atoms. The molecule has 0 saturated carbocycles. The van der Waals surface area contributed by atoms with E-state index in [0.717, 1.165) is 16.9 Å². The zero-order valence-corrected chi connectivity index (χ0v) is 13.4. The quantitative estimate of drug-likeness (QED) is 0.886. The highest BCUT2D eigenvalue weighted by molar-refractivity contribution is 5.78. The zero-order chi connectivity index (χ0) is 15.9. The van der Waals surface area contributed by atoms with E-state index in [1.165, 1.54) is 5.56 Å². The summed E-state index contributed by atoms with van der Waals surface area (Å²) in [5.41, 5.74) is 3.29. The summed E-state index contributed by atoms with van der Waals surface area (Å²) >= 11 is 0. The summed E-state index contributed by atoms with van der Waals surface area (Å²) in [6, 6.07) is 16.1. The van der Waals surface area contributed by atoms with Gasteiger partial charge in [-0.3, -0.25) is 4.79 Å².